The molecule has 2 aromatic carbocycles. The maximum atomic E-state index is 13.4. The Kier molecular flexibility index (Phi) is 7.90. The van der Waals surface area contributed by atoms with Crippen LogP contribution in [-0.4, -0.2) is 54.7 Å². The molecular formula is C27H35N3O4S2. The largest absolute Gasteiger partial charge is 0.494 e. The van der Waals surface area contributed by atoms with Crippen molar-refractivity contribution < 1.29 is 17.9 Å². The van der Waals surface area contributed by atoms with Gasteiger partial charge in [-0.25, -0.2) is 13.4 Å². The second-order valence-corrected chi connectivity index (χ2v) is 12.6. The van der Waals surface area contributed by atoms with E-state index in [1.807, 2.05) is 25.1 Å². The Morgan fingerprint density at radius 3 is 2.69 bits per heavy atom. The van der Waals surface area contributed by atoms with Crippen molar-refractivity contribution in [2.45, 2.75) is 68.0 Å². The molecule has 1 aromatic heterocycles. The fourth-order valence-electron chi connectivity index (χ4n) is 5.04. The first kappa shape index (κ1) is 25.6. The van der Waals surface area contributed by atoms with Gasteiger partial charge in [-0.1, -0.05) is 30.8 Å². The number of hydrogen-bond acceptors (Lipinski definition) is 6. The van der Waals surface area contributed by atoms with Crippen LogP contribution in [0.4, 0.5) is 0 Å². The van der Waals surface area contributed by atoms with Crippen molar-refractivity contribution in [2.24, 2.45) is 5.92 Å². The molecule has 36 heavy (non-hydrogen) atoms. The summed E-state index contributed by atoms with van der Waals surface area (Å²) in [6.45, 7) is 7.42. The number of aromatic nitrogens is 2. The summed E-state index contributed by atoms with van der Waals surface area (Å²) in [7, 11) is -3.54. The number of piperidine rings is 1. The Labute approximate surface area is 218 Å². The average Bonchev–Trinajstić information content (AvgIpc) is 3.52. The first-order valence-electron chi connectivity index (χ1n) is 12.9. The number of imidazole rings is 1. The van der Waals surface area contributed by atoms with Crippen molar-refractivity contribution in [3.05, 3.63) is 48.0 Å². The summed E-state index contributed by atoms with van der Waals surface area (Å²) in [4.78, 5) is 5.24. The van der Waals surface area contributed by atoms with Crippen LogP contribution in [0.2, 0.25) is 0 Å². The Balaban J connectivity index is 1.43. The van der Waals surface area contributed by atoms with E-state index in [0.717, 1.165) is 61.0 Å². The minimum absolute atomic E-state index is 0.158. The number of rotatable bonds is 9. The van der Waals surface area contributed by atoms with Crippen LogP contribution in [0.1, 0.15) is 45.1 Å². The molecule has 0 N–H and O–H groups in total. The number of hydrogen-bond donors (Lipinski definition) is 0. The van der Waals surface area contributed by atoms with E-state index in [4.69, 9.17) is 14.5 Å². The third-order valence-electron chi connectivity index (χ3n) is 6.95. The fourth-order valence-corrected chi connectivity index (χ4v) is 7.64. The summed E-state index contributed by atoms with van der Waals surface area (Å²) in [5.41, 5.74) is 2.85. The molecule has 2 aliphatic heterocycles. The lowest BCUT2D eigenvalue weighted by atomic mass is 10.0. The lowest BCUT2D eigenvalue weighted by Crippen LogP contribution is -2.39. The highest BCUT2D eigenvalue weighted by Gasteiger charge is 2.29. The van der Waals surface area contributed by atoms with Gasteiger partial charge in [0.15, 0.2) is 5.16 Å². The molecule has 2 atom stereocenters. The molecule has 0 aliphatic carbocycles. The summed E-state index contributed by atoms with van der Waals surface area (Å²) in [5, 5.41) is 0.885. The molecule has 2 aliphatic rings. The second-order valence-electron chi connectivity index (χ2n) is 9.77. The van der Waals surface area contributed by atoms with Crippen molar-refractivity contribution in [3.63, 3.8) is 0 Å². The maximum Gasteiger partial charge on any atom is 0.243 e. The first-order chi connectivity index (χ1) is 17.4. The highest BCUT2D eigenvalue weighted by molar-refractivity contribution is 7.98. The van der Waals surface area contributed by atoms with Crippen LogP contribution in [0.3, 0.4) is 0 Å². The summed E-state index contributed by atoms with van der Waals surface area (Å²) >= 11 is 1.67. The summed E-state index contributed by atoms with van der Waals surface area (Å²) in [6.07, 6.45) is 4.24. The predicted molar refractivity (Wildman–Crippen MR) is 143 cm³/mol. The minimum Gasteiger partial charge on any atom is -0.494 e. The Morgan fingerprint density at radius 2 is 1.97 bits per heavy atom. The van der Waals surface area contributed by atoms with E-state index in [9.17, 15) is 8.42 Å². The molecule has 9 heteroatoms. The van der Waals surface area contributed by atoms with E-state index in [1.165, 1.54) is 5.56 Å². The van der Waals surface area contributed by atoms with Gasteiger partial charge < -0.3 is 14.0 Å². The number of benzene rings is 2. The predicted octanol–water partition coefficient (Wildman–Crippen LogP) is 5.33. The normalized spacial score (nSPS) is 21.3. The number of sulfonamides is 1. The van der Waals surface area contributed by atoms with Gasteiger partial charge in [0.2, 0.25) is 10.0 Å². The topological polar surface area (TPSA) is 73.7 Å². The lowest BCUT2D eigenvalue weighted by molar-refractivity contribution is 0.0960. The second kappa shape index (κ2) is 11.1. The standard InChI is InChI=1S/C27H35N3O4S2/c1-3-33-22-10-8-21(9-11-22)19-35-27-28-25-16-24(36(31,32)29-14-4-6-20(2)17-29)12-13-26(25)30(27)18-23-7-5-15-34-23/h8-13,16,20,23H,3-7,14-15,17-19H2,1-2H3/t20-,23+/m0/s1. The molecule has 0 radical (unpaired) electrons. The Bertz CT molecular complexity index is 1280. The fraction of sp³-hybridized carbons (Fsp3) is 0.519. The Morgan fingerprint density at radius 1 is 1.14 bits per heavy atom. The van der Waals surface area contributed by atoms with E-state index in [1.54, 1.807) is 28.2 Å². The molecule has 194 valence electrons. The van der Waals surface area contributed by atoms with E-state index in [-0.39, 0.29) is 6.10 Å². The molecule has 0 unspecified atom stereocenters. The van der Waals surface area contributed by atoms with Gasteiger partial charge in [0.05, 0.1) is 35.2 Å². The average molecular weight is 530 g/mol. The van der Waals surface area contributed by atoms with Crippen LogP contribution in [0.5, 0.6) is 5.75 Å². The van der Waals surface area contributed by atoms with Crippen molar-refractivity contribution >= 4 is 32.8 Å². The van der Waals surface area contributed by atoms with E-state index < -0.39 is 10.0 Å². The Hall–Kier alpha value is -2.07. The monoisotopic (exact) mass is 529 g/mol. The number of nitrogens with zero attached hydrogens (tertiary/aromatic N) is 3. The molecule has 0 bridgehead atoms. The van der Waals surface area contributed by atoms with E-state index in [2.05, 4.69) is 23.6 Å². The molecule has 2 saturated heterocycles. The van der Waals surface area contributed by atoms with Gasteiger partial charge in [-0.05, 0) is 74.4 Å². The van der Waals surface area contributed by atoms with Crippen LogP contribution in [0.15, 0.2) is 52.5 Å². The molecule has 0 spiro atoms. The molecule has 7 nitrogen and oxygen atoms in total. The third-order valence-corrected chi connectivity index (χ3v) is 9.86. The molecule has 0 saturated carbocycles. The zero-order valence-corrected chi connectivity index (χ0v) is 22.7. The quantitative estimate of drug-likeness (QED) is 0.349. The van der Waals surface area contributed by atoms with E-state index in [0.29, 0.717) is 36.0 Å². The molecular weight excluding hydrogens is 494 g/mol. The van der Waals surface area contributed by atoms with Gasteiger partial charge in [-0.2, -0.15) is 4.31 Å². The van der Waals surface area contributed by atoms with Gasteiger partial charge in [-0.3, -0.25) is 0 Å². The molecule has 3 heterocycles. The third kappa shape index (κ3) is 5.59. The van der Waals surface area contributed by atoms with Gasteiger partial charge in [0, 0.05) is 25.4 Å². The van der Waals surface area contributed by atoms with Crippen LogP contribution >= 0.6 is 11.8 Å². The first-order valence-corrected chi connectivity index (χ1v) is 15.3. The summed E-state index contributed by atoms with van der Waals surface area (Å²) < 4.78 is 42.1. The van der Waals surface area contributed by atoms with Gasteiger partial charge in [-0.15, -0.1) is 0 Å². The summed E-state index contributed by atoms with van der Waals surface area (Å²) in [5.74, 6) is 2.01. The number of thioether (sulfide) groups is 1. The zero-order chi connectivity index (χ0) is 25.1. The highest BCUT2D eigenvalue weighted by atomic mass is 32.2. The maximum absolute atomic E-state index is 13.4. The molecule has 3 aromatic rings. The smallest absolute Gasteiger partial charge is 0.243 e. The SMILES string of the molecule is CCOc1ccc(CSc2nc3cc(S(=O)(=O)N4CCC[C@H](C)C4)ccc3n2C[C@H]2CCCO2)cc1. The number of fused-ring (bicyclic) bond motifs is 1. The lowest BCUT2D eigenvalue weighted by Gasteiger charge is -2.30. The van der Waals surface area contributed by atoms with Crippen molar-refractivity contribution in [3.8, 4) is 5.75 Å². The molecule has 2 fully saturated rings. The summed E-state index contributed by atoms with van der Waals surface area (Å²) in [6, 6.07) is 13.5. The van der Waals surface area contributed by atoms with Crippen LogP contribution < -0.4 is 4.74 Å². The molecule has 0 amide bonds. The molecule has 5 rings (SSSR count). The van der Waals surface area contributed by atoms with Gasteiger partial charge >= 0.3 is 0 Å². The van der Waals surface area contributed by atoms with Crippen LogP contribution in [0.25, 0.3) is 11.0 Å². The van der Waals surface area contributed by atoms with Crippen LogP contribution in [0, 0.1) is 5.92 Å². The van der Waals surface area contributed by atoms with Crippen molar-refractivity contribution in [2.75, 3.05) is 26.3 Å². The van der Waals surface area contributed by atoms with E-state index >= 15 is 0 Å². The van der Waals surface area contributed by atoms with Crippen molar-refractivity contribution in [1.29, 1.82) is 0 Å². The zero-order valence-electron chi connectivity index (χ0n) is 21.1. The minimum atomic E-state index is -3.54. The number of ether oxygens (including phenoxy) is 2. The highest BCUT2D eigenvalue weighted by Crippen LogP contribution is 2.32. The van der Waals surface area contributed by atoms with Gasteiger partial charge in [0.1, 0.15) is 5.75 Å². The van der Waals surface area contributed by atoms with Gasteiger partial charge in [0.25, 0.3) is 0 Å². The van der Waals surface area contributed by atoms with Crippen molar-refractivity contribution in [1.82, 2.24) is 13.9 Å². The van der Waals surface area contributed by atoms with Crippen LogP contribution in [-0.2, 0) is 27.1 Å².